The van der Waals surface area contributed by atoms with Crippen molar-refractivity contribution in [3.05, 3.63) is 59.4 Å². The third kappa shape index (κ3) is 3.17. The first kappa shape index (κ1) is 14.5. The van der Waals surface area contributed by atoms with E-state index in [2.05, 4.69) is 10.1 Å². The Balaban J connectivity index is 2.21. The number of aryl methyl sites for hydroxylation is 1. The van der Waals surface area contributed by atoms with Gasteiger partial charge in [-0.2, -0.15) is 0 Å². The minimum absolute atomic E-state index is 0.0478. The van der Waals surface area contributed by atoms with Gasteiger partial charge in [0.2, 0.25) is 0 Å². The molecule has 0 atom stereocenters. The van der Waals surface area contributed by atoms with E-state index in [1.807, 2.05) is 31.2 Å². The van der Waals surface area contributed by atoms with Crippen molar-refractivity contribution in [2.75, 3.05) is 11.9 Å². The van der Waals surface area contributed by atoms with Crippen LogP contribution in [0.25, 0.3) is 0 Å². The fraction of sp³-hybridized carbons (Fsp3) is 0.133. The van der Waals surface area contributed by atoms with Gasteiger partial charge in [-0.05, 0) is 31.2 Å². The predicted molar refractivity (Wildman–Crippen MR) is 80.7 cm³/mol. The van der Waals surface area contributed by atoms with Crippen LogP contribution in [0.5, 0.6) is 0 Å². The van der Waals surface area contributed by atoms with Crippen LogP contribution >= 0.6 is 0 Å². The van der Waals surface area contributed by atoms with Gasteiger partial charge in [0.15, 0.2) is 5.84 Å². The molecule has 0 saturated heterocycles. The molecule has 2 aromatic rings. The van der Waals surface area contributed by atoms with Gasteiger partial charge in [-0.25, -0.2) is 0 Å². The van der Waals surface area contributed by atoms with Crippen molar-refractivity contribution < 1.29 is 10.0 Å². The Hall–Kier alpha value is -2.89. The van der Waals surface area contributed by atoms with Gasteiger partial charge in [-0.15, -0.1) is 0 Å². The van der Waals surface area contributed by atoms with Gasteiger partial charge >= 0.3 is 0 Å². The number of rotatable bonds is 3. The molecule has 6 heteroatoms. The number of hydrogen-bond donors (Lipinski definition) is 2. The standard InChI is InChI=1S/C15H16N4O2/c1-10-3-6-12(7-4-10)19(2)15(20)13-8-5-11(9-17-13)14(16)18-21/h3-9,21H,1-2H3,(H2,16,18). The summed E-state index contributed by atoms with van der Waals surface area (Å²) in [6.07, 6.45) is 1.39. The van der Waals surface area contributed by atoms with Gasteiger partial charge in [0.25, 0.3) is 5.91 Å². The molecule has 108 valence electrons. The summed E-state index contributed by atoms with van der Waals surface area (Å²) in [5, 5.41) is 11.5. The fourth-order valence-electron chi connectivity index (χ4n) is 1.79. The molecule has 0 aliphatic rings. The molecule has 3 N–H and O–H groups in total. The van der Waals surface area contributed by atoms with Crippen molar-refractivity contribution >= 4 is 17.4 Å². The first-order valence-corrected chi connectivity index (χ1v) is 6.31. The number of amidine groups is 1. The van der Waals surface area contributed by atoms with Crippen LogP contribution in [0.3, 0.4) is 0 Å². The third-order valence-corrected chi connectivity index (χ3v) is 3.11. The lowest BCUT2D eigenvalue weighted by atomic mass is 10.2. The topological polar surface area (TPSA) is 91.8 Å². The molecule has 0 fully saturated rings. The van der Waals surface area contributed by atoms with Crippen LogP contribution in [-0.2, 0) is 0 Å². The highest BCUT2D eigenvalue weighted by atomic mass is 16.4. The predicted octanol–water partition coefficient (Wildman–Crippen LogP) is 1.76. The summed E-state index contributed by atoms with van der Waals surface area (Å²) in [7, 11) is 1.69. The van der Waals surface area contributed by atoms with Gasteiger partial charge in [0.1, 0.15) is 5.69 Å². The monoisotopic (exact) mass is 284 g/mol. The zero-order chi connectivity index (χ0) is 15.4. The van der Waals surface area contributed by atoms with E-state index in [9.17, 15) is 4.79 Å². The van der Waals surface area contributed by atoms with E-state index < -0.39 is 0 Å². The van der Waals surface area contributed by atoms with Gasteiger partial charge in [-0.1, -0.05) is 22.9 Å². The maximum atomic E-state index is 12.3. The Labute approximate surface area is 122 Å². The van der Waals surface area contributed by atoms with E-state index in [1.54, 1.807) is 19.2 Å². The van der Waals surface area contributed by atoms with Crippen molar-refractivity contribution in [2.45, 2.75) is 6.92 Å². The number of hydrogen-bond acceptors (Lipinski definition) is 4. The number of oxime groups is 1. The summed E-state index contributed by atoms with van der Waals surface area (Å²) in [5.74, 6) is -0.279. The maximum Gasteiger partial charge on any atom is 0.276 e. The molecule has 1 heterocycles. The first-order chi connectivity index (χ1) is 10.0. The SMILES string of the molecule is Cc1ccc(N(C)C(=O)c2ccc(C(N)=NO)cn2)cc1. The molecule has 0 unspecified atom stereocenters. The van der Waals surface area contributed by atoms with Gasteiger partial charge in [-0.3, -0.25) is 9.78 Å². The van der Waals surface area contributed by atoms with Crippen molar-refractivity contribution in [3.63, 3.8) is 0 Å². The Morgan fingerprint density at radius 3 is 2.43 bits per heavy atom. The Kier molecular flexibility index (Phi) is 4.18. The van der Waals surface area contributed by atoms with Crippen LogP contribution in [0.1, 0.15) is 21.6 Å². The van der Waals surface area contributed by atoms with Crippen LogP contribution in [0.4, 0.5) is 5.69 Å². The van der Waals surface area contributed by atoms with E-state index >= 15 is 0 Å². The number of aromatic nitrogens is 1. The summed E-state index contributed by atoms with van der Waals surface area (Å²) in [5.41, 5.74) is 8.10. The first-order valence-electron chi connectivity index (χ1n) is 6.31. The quantitative estimate of drug-likeness (QED) is 0.389. The van der Waals surface area contributed by atoms with Crippen LogP contribution in [-0.4, -0.2) is 29.0 Å². The highest BCUT2D eigenvalue weighted by Crippen LogP contribution is 2.15. The lowest BCUT2D eigenvalue weighted by molar-refractivity contribution is 0.0988. The number of nitrogens with two attached hydrogens (primary N) is 1. The largest absolute Gasteiger partial charge is 0.409 e. The van der Waals surface area contributed by atoms with Crippen molar-refractivity contribution in [1.29, 1.82) is 0 Å². The Morgan fingerprint density at radius 1 is 1.24 bits per heavy atom. The number of nitrogens with zero attached hydrogens (tertiary/aromatic N) is 3. The third-order valence-electron chi connectivity index (χ3n) is 3.11. The van der Waals surface area contributed by atoms with Crippen molar-refractivity contribution in [1.82, 2.24) is 4.98 Å². The molecule has 0 spiro atoms. The van der Waals surface area contributed by atoms with E-state index in [0.29, 0.717) is 5.56 Å². The van der Waals surface area contributed by atoms with Crippen LogP contribution in [0.2, 0.25) is 0 Å². The number of pyridine rings is 1. The van der Waals surface area contributed by atoms with E-state index in [-0.39, 0.29) is 17.4 Å². The summed E-state index contributed by atoms with van der Waals surface area (Å²) in [4.78, 5) is 17.9. The molecule has 0 aliphatic heterocycles. The average Bonchev–Trinajstić information content (AvgIpc) is 2.53. The number of carbonyl (C=O) groups excluding carboxylic acids is 1. The molecular weight excluding hydrogens is 268 g/mol. The highest BCUT2D eigenvalue weighted by Gasteiger charge is 2.15. The molecule has 6 nitrogen and oxygen atoms in total. The minimum Gasteiger partial charge on any atom is -0.409 e. The van der Waals surface area contributed by atoms with Gasteiger partial charge in [0, 0.05) is 24.5 Å². The average molecular weight is 284 g/mol. The normalized spacial score (nSPS) is 11.2. The fourth-order valence-corrected chi connectivity index (χ4v) is 1.79. The molecule has 21 heavy (non-hydrogen) atoms. The summed E-state index contributed by atoms with van der Waals surface area (Å²) in [6.45, 7) is 1.99. The van der Waals surface area contributed by atoms with E-state index in [0.717, 1.165) is 11.3 Å². The number of benzene rings is 1. The Bertz CT molecular complexity index is 663. The molecular formula is C15H16N4O2. The van der Waals surface area contributed by atoms with Gasteiger partial charge < -0.3 is 15.8 Å². The van der Waals surface area contributed by atoms with E-state index in [4.69, 9.17) is 10.9 Å². The van der Waals surface area contributed by atoms with Crippen LogP contribution in [0.15, 0.2) is 47.8 Å². The lowest BCUT2D eigenvalue weighted by Gasteiger charge is -2.17. The molecule has 1 aromatic carbocycles. The molecule has 1 amide bonds. The summed E-state index contributed by atoms with van der Waals surface area (Å²) >= 11 is 0. The number of amides is 1. The van der Waals surface area contributed by atoms with Crippen molar-refractivity contribution in [3.8, 4) is 0 Å². The maximum absolute atomic E-state index is 12.3. The molecule has 1 aromatic heterocycles. The molecule has 0 bridgehead atoms. The van der Waals surface area contributed by atoms with Crippen LogP contribution in [0, 0.1) is 6.92 Å². The minimum atomic E-state index is -0.232. The van der Waals surface area contributed by atoms with Gasteiger partial charge in [0.05, 0.1) is 0 Å². The highest BCUT2D eigenvalue weighted by molar-refractivity contribution is 6.05. The Morgan fingerprint density at radius 2 is 1.90 bits per heavy atom. The second kappa shape index (κ2) is 6.04. The summed E-state index contributed by atoms with van der Waals surface area (Å²) < 4.78 is 0. The number of carbonyl (C=O) groups is 1. The smallest absolute Gasteiger partial charge is 0.276 e. The molecule has 0 saturated carbocycles. The lowest BCUT2D eigenvalue weighted by Crippen LogP contribution is -2.27. The van der Waals surface area contributed by atoms with E-state index in [1.165, 1.54) is 11.1 Å². The second-order valence-corrected chi connectivity index (χ2v) is 4.62. The van der Waals surface area contributed by atoms with Crippen molar-refractivity contribution in [2.24, 2.45) is 10.9 Å². The summed E-state index contributed by atoms with van der Waals surface area (Å²) in [6, 6.07) is 10.7. The number of anilines is 1. The second-order valence-electron chi connectivity index (χ2n) is 4.62. The zero-order valence-corrected chi connectivity index (χ0v) is 11.8. The van der Waals surface area contributed by atoms with Crippen LogP contribution < -0.4 is 10.6 Å². The molecule has 2 rings (SSSR count). The molecule has 0 aliphatic carbocycles. The zero-order valence-electron chi connectivity index (χ0n) is 11.8. The molecule has 0 radical (unpaired) electrons.